The predicted octanol–water partition coefficient (Wildman–Crippen LogP) is 0.348. The third-order valence-corrected chi connectivity index (χ3v) is 4.49. The van der Waals surface area contributed by atoms with Crippen molar-refractivity contribution in [3.05, 3.63) is 40.7 Å². The van der Waals surface area contributed by atoms with Gasteiger partial charge in [-0.15, -0.1) is 10.2 Å². The van der Waals surface area contributed by atoms with E-state index in [-0.39, 0.29) is 18.4 Å². The second kappa shape index (κ2) is 8.63. The number of nitrogens with zero attached hydrogens (tertiary/aromatic N) is 2. The standard InChI is InChI=1S/C14H18ClN3OS.ClH/c1-3-9(2)12(16)13-17-18-14(19-13)20-8-10-4-6-11(15)7-5-10;/h4-7,9,12H,3,8,16H2,1-2H3;1H/t9?,12-;/m0./s1. The Morgan fingerprint density at radius 2 is 1.95 bits per heavy atom. The van der Waals surface area contributed by atoms with Crippen molar-refractivity contribution in [3.63, 3.8) is 0 Å². The number of hydrogen-bond acceptors (Lipinski definition) is 4. The van der Waals surface area contributed by atoms with E-state index in [4.69, 9.17) is 16.0 Å². The molecule has 0 aliphatic rings. The van der Waals surface area contributed by atoms with Crippen LogP contribution in [-0.4, -0.2) is 10.2 Å². The Morgan fingerprint density at radius 1 is 1.29 bits per heavy atom. The smallest absolute Gasteiger partial charge is 0.277 e. The highest BCUT2D eigenvalue weighted by atomic mass is 35.5. The highest BCUT2D eigenvalue weighted by Gasteiger charge is 2.23. The van der Waals surface area contributed by atoms with Gasteiger partial charge in [-0.1, -0.05) is 49.3 Å². The Labute approximate surface area is 140 Å². The van der Waals surface area contributed by atoms with Crippen LogP contribution in [0.2, 0.25) is 5.02 Å². The molecule has 21 heavy (non-hydrogen) atoms. The van der Waals surface area contributed by atoms with Gasteiger partial charge in [0.15, 0.2) is 6.04 Å². The van der Waals surface area contributed by atoms with E-state index in [2.05, 4.69) is 29.8 Å². The van der Waals surface area contributed by atoms with Crippen LogP contribution in [0.1, 0.15) is 37.8 Å². The molecule has 0 radical (unpaired) electrons. The van der Waals surface area contributed by atoms with Gasteiger partial charge in [0.1, 0.15) is 0 Å². The Bertz CT molecular complexity index is 547. The van der Waals surface area contributed by atoms with Crippen LogP contribution >= 0.6 is 23.4 Å². The summed E-state index contributed by atoms with van der Waals surface area (Å²) in [6.07, 6.45) is 1.05. The molecule has 0 aliphatic carbocycles. The molecule has 1 aromatic heterocycles. The molecule has 0 fully saturated rings. The summed E-state index contributed by atoms with van der Waals surface area (Å²) in [6.45, 7) is 4.28. The topological polar surface area (TPSA) is 66.6 Å². The summed E-state index contributed by atoms with van der Waals surface area (Å²) in [5, 5.41) is 9.49. The predicted molar refractivity (Wildman–Crippen MR) is 80.4 cm³/mol. The Balaban J connectivity index is 0.00000220. The summed E-state index contributed by atoms with van der Waals surface area (Å²) >= 11 is 7.38. The van der Waals surface area contributed by atoms with Crippen LogP contribution in [0.15, 0.2) is 33.9 Å². The van der Waals surface area contributed by atoms with Crippen LogP contribution < -0.4 is 18.1 Å². The number of quaternary nitrogens is 1. The van der Waals surface area contributed by atoms with Crippen molar-refractivity contribution in [2.45, 2.75) is 37.3 Å². The lowest BCUT2D eigenvalue weighted by molar-refractivity contribution is -0.444. The van der Waals surface area contributed by atoms with Gasteiger partial charge >= 0.3 is 0 Å². The minimum absolute atomic E-state index is 0. The number of thioether (sulfide) groups is 1. The van der Waals surface area contributed by atoms with Crippen molar-refractivity contribution < 1.29 is 22.6 Å². The second-order valence-corrected chi connectivity index (χ2v) is 6.18. The third-order valence-electron chi connectivity index (χ3n) is 3.35. The first kappa shape index (κ1) is 18.3. The molecule has 0 amide bonds. The maximum atomic E-state index is 5.86. The Morgan fingerprint density at radius 3 is 2.57 bits per heavy atom. The van der Waals surface area contributed by atoms with Gasteiger partial charge in [0.25, 0.3) is 11.1 Å². The summed E-state index contributed by atoms with van der Waals surface area (Å²) < 4.78 is 5.67. The van der Waals surface area contributed by atoms with E-state index in [0.717, 1.165) is 17.2 Å². The monoisotopic (exact) mass is 347 g/mol. The quantitative estimate of drug-likeness (QED) is 0.765. The summed E-state index contributed by atoms with van der Waals surface area (Å²) in [5.41, 5.74) is 5.27. The molecule has 2 atom stereocenters. The van der Waals surface area contributed by atoms with Crippen LogP contribution in [0.4, 0.5) is 0 Å². The average Bonchev–Trinajstić information content (AvgIpc) is 2.94. The molecule has 4 nitrogen and oxygen atoms in total. The number of halogens is 2. The molecule has 1 aromatic carbocycles. The number of benzene rings is 1. The number of hydrogen-bond donors (Lipinski definition) is 1. The van der Waals surface area contributed by atoms with Crippen LogP contribution in [0, 0.1) is 5.92 Å². The summed E-state index contributed by atoms with van der Waals surface area (Å²) in [5.74, 6) is 1.84. The first-order chi connectivity index (χ1) is 9.60. The average molecular weight is 348 g/mol. The zero-order chi connectivity index (χ0) is 14.5. The summed E-state index contributed by atoms with van der Waals surface area (Å²) in [6, 6.07) is 7.81. The van der Waals surface area contributed by atoms with Gasteiger partial charge < -0.3 is 22.6 Å². The van der Waals surface area contributed by atoms with E-state index in [9.17, 15) is 0 Å². The van der Waals surface area contributed by atoms with Crippen LogP contribution in [-0.2, 0) is 5.75 Å². The SMILES string of the molecule is CCC(C)[C@H]([NH3+])c1nnc(SCc2ccc(Cl)cc2)o1.[Cl-]. The first-order valence-electron chi connectivity index (χ1n) is 6.64. The molecule has 0 saturated carbocycles. The van der Waals surface area contributed by atoms with Gasteiger partial charge in [0.2, 0.25) is 0 Å². The maximum absolute atomic E-state index is 5.86. The molecule has 0 saturated heterocycles. The molecule has 1 unspecified atom stereocenters. The van der Waals surface area contributed by atoms with E-state index < -0.39 is 0 Å². The third kappa shape index (κ3) is 5.18. The van der Waals surface area contributed by atoms with Gasteiger partial charge in [0.05, 0.1) is 0 Å². The molecule has 116 valence electrons. The van der Waals surface area contributed by atoms with Gasteiger partial charge in [-0.3, -0.25) is 0 Å². The van der Waals surface area contributed by atoms with Crippen molar-refractivity contribution in [3.8, 4) is 0 Å². The molecule has 0 spiro atoms. The van der Waals surface area contributed by atoms with Gasteiger partial charge in [-0.2, -0.15) is 0 Å². The zero-order valence-corrected chi connectivity index (χ0v) is 14.4. The fraction of sp³-hybridized carbons (Fsp3) is 0.429. The van der Waals surface area contributed by atoms with Crippen LogP contribution in [0.3, 0.4) is 0 Å². The highest BCUT2D eigenvalue weighted by molar-refractivity contribution is 7.98. The van der Waals surface area contributed by atoms with Gasteiger partial charge in [-0.05, 0) is 24.1 Å². The van der Waals surface area contributed by atoms with Crippen molar-refractivity contribution in [2.75, 3.05) is 0 Å². The van der Waals surface area contributed by atoms with E-state index in [0.29, 0.717) is 17.0 Å². The fourth-order valence-corrected chi connectivity index (χ4v) is 2.53. The zero-order valence-electron chi connectivity index (χ0n) is 12.1. The normalized spacial score (nSPS) is 13.5. The summed E-state index contributed by atoms with van der Waals surface area (Å²) in [7, 11) is 0. The molecule has 0 aliphatic heterocycles. The Hall–Kier alpha value is -0.750. The lowest BCUT2D eigenvalue weighted by Gasteiger charge is -2.09. The van der Waals surface area contributed by atoms with Crippen LogP contribution in [0.25, 0.3) is 0 Å². The molecule has 0 bridgehead atoms. The highest BCUT2D eigenvalue weighted by Crippen LogP contribution is 2.25. The van der Waals surface area contributed by atoms with E-state index in [1.165, 1.54) is 17.3 Å². The maximum Gasteiger partial charge on any atom is 0.277 e. The van der Waals surface area contributed by atoms with E-state index in [1.54, 1.807) is 0 Å². The van der Waals surface area contributed by atoms with Gasteiger partial charge in [0, 0.05) is 16.7 Å². The first-order valence-corrected chi connectivity index (χ1v) is 8.00. The Kier molecular flexibility index (Phi) is 7.52. The molecule has 7 heteroatoms. The van der Waals surface area contributed by atoms with E-state index >= 15 is 0 Å². The number of rotatable bonds is 6. The second-order valence-electron chi connectivity index (χ2n) is 4.81. The van der Waals surface area contributed by atoms with Crippen molar-refractivity contribution in [2.24, 2.45) is 5.92 Å². The molecular formula is C14H19Cl2N3OS. The molecule has 1 heterocycles. The lowest BCUT2D eigenvalue weighted by atomic mass is 10.0. The van der Waals surface area contributed by atoms with Gasteiger partial charge in [-0.25, -0.2) is 0 Å². The molecule has 2 aromatic rings. The molecule has 2 rings (SSSR count). The molecule has 3 N–H and O–H groups in total. The largest absolute Gasteiger partial charge is 1.00 e. The summed E-state index contributed by atoms with van der Waals surface area (Å²) in [4.78, 5) is 0. The minimum Gasteiger partial charge on any atom is -1.00 e. The van der Waals surface area contributed by atoms with E-state index in [1.807, 2.05) is 24.3 Å². The fourth-order valence-electron chi connectivity index (χ4n) is 1.68. The van der Waals surface area contributed by atoms with Crippen molar-refractivity contribution in [1.29, 1.82) is 0 Å². The van der Waals surface area contributed by atoms with Crippen LogP contribution in [0.5, 0.6) is 0 Å². The number of aromatic nitrogens is 2. The van der Waals surface area contributed by atoms with Crippen molar-refractivity contribution in [1.82, 2.24) is 10.2 Å². The lowest BCUT2D eigenvalue weighted by Crippen LogP contribution is -3.00. The minimum atomic E-state index is 0. The van der Waals surface area contributed by atoms with Crippen molar-refractivity contribution >= 4 is 23.4 Å². The molecular weight excluding hydrogens is 329 g/mol.